The Bertz CT molecular complexity index is 773. The smallest absolute Gasteiger partial charge is 0.240 e. The molecule has 0 saturated heterocycles. The summed E-state index contributed by atoms with van der Waals surface area (Å²) in [5.41, 5.74) is -0.616. The van der Waals surface area contributed by atoms with Gasteiger partial charge in [0.2, 0.25) is 9.04 Å². The summed E-state index contributed by atoms with van der Waals surface area (Å²) in [5.74, 6) is -0.105. The van der Waals surface area contributed by atoms with Gasteiger partial charge >= 0.3 is 0 Å². The molecule has 0 radical (unpaired) electrons. The highest BCUT2D eigenvalue weighted by molar-refractivity contribution is 6.80. The number of rotatable bonds is 6. The highest BCUT2D eigenvalue weighted by Gasteiger charge is 2.51. The van der Waals surface area contributed by atoms with Crippen molar-refractivity contribution < 1.29 is 19.4 Å². The molecule has 0 spiro atoms. The average molecular weight is 443 g/mol. The molecule has 3 rings (SSSR count). The molecule has 1 aliphatic rings. The van der Waals surface area contributed by atoms with Crippen LogP contribution in [-0.2, 0) is 9.16 Å². The SMILES string of the molecule is CC(C)(C)OC1C(O)C(O)CC1C(O[SiH](c1ccccc1)c1ccccc1)C(C)(C)C. The third kappa shape index (κ3) is 6.05. The van der Waals surface area contributed by atoms with E-state index in [9.17, 15) is 10.2 Å². The Morgan fingerprint density at radius 3 is 1.74 bits per heavy atom. The van der Waals surface area contributed by atoms with Crippen LogP contribution in [0.25, 0.3) is 0 Å². The maximum atomic E-state index is 10.8. The highest BCUT2D eigenvalue weighted by atomic mass is 28.3. The Balaban J connectivity index is 1.99. The third-order valence-electron chi connectivity index (χ3n) is 5.89. The fraction of sp³-hybridized carbons (Fsp3) is 0.538. The molecule has 0 aromatic heterocycles. The number of aliphatic hydroxyl groups excluding tert-OH is 2. The van der Waals surface area contributed by atoms with Crippen molar-refractivity contribution in [3.8, 4) is 0 Å². The molecule has 1 aliphatic carbocycles. The summed E-state index contributed by atoms with van der Waals surface area (Å²) in [7, 11) is -2.00. The molecule has 0 amide bonds. The van der Waals surface area contributed by atoms with Gasteiger partial charge in [0.25, 0.3) is 0 Å². The molecular formula is C26H38O4Si. The number of hydrogen-bond acceptors (Lipinski definition) is 4. The minimum atomic E-state index is -2.00. The Morgan fingerprint density at radius 2 is 1.32 bits per heavy atom. The molecule has 5 unspecified atom stereocenters. The fourth-order valence-electron chi connectivity index (χ4n) is 4.58. The summed E-state index contributed by atoms with van der Waals surface area (Å²) in [6, 6.07) is 20.9. The highest BCUT2D eigenvalue weighted by Crippen LogP contribution is 2.41. The van der Waals surface area contributed by atoms with Crippen molar-refractivity contribution in [2.45, 2.75) is 78.0 Å². The van der Waals surface area contributed by atoms with Crippen molar-refractivity contribution in [1.82, 2.24) is 0 Å². The van der Waals surface area contributed by atoms with Gasteiger partial charge in [-0.3, -0.25) is 0 Å². The minimum Gasteiger partial charge on any atom is -0.407 e. The number of aliphatic hydroxyl groups is 2. The van der Waals surface area contributed by atoms with E-state index in [0.29, 0.717) is 6.42 Å². The summed E-state index contributed by atoms with van der Waals surface area (Å²) >= 11 is 0. The maximum Gasteiger partial charge on any atom is 0.240 e. The molecule has 31 heavy (non-hydrogen) atoms. The molecule has 1 saturated carbocycles. The van der Waals surface area contributed by atoms with Crippen LogP contribution >= 0.6 is 0 Å². The second-order valence-corrected chi connectivity index (χ2v) is 13.1. The predicted molar refractivity (Wildman–Crippen MR) is 128 cm³/mol. The zero-order chi connectivity index (χ0) is 22.8. The van der Waals surface area contributed by atoms with E-state index in [0.717, 1.165) is 0 Å². The fourth-order valence-corrected chi connectivity index (χ4v) is 7.33. The summed E-state index contributed by atoms with van der Waals surface area (Å²) in [4.78, 5) is 0. The molecule has 0 heterocycles. The average Bonchev–Trinajstić information content (AvgIpc) is 2.96. The van der Waals surface area contributed by atoms with Gasteiger partial charge in [-0.25, -0.2) is 0 Å². The zero-order valence-electron chi connectivity index (χ0n) is 19.7. The molecule has 0 bridgehead atoms. The molecule has 0 aliphatic heterocycles. The standard InChI is InChI=1S/C26H38O4Si/c1-25(2,3)24(20-17-21(27)22(28)23(20)29-26(4,5)6)30-31(18-13-9-7-10-14-18)19-15-11-8-12-16-19/h7-16,20-24,27-28,31H,17H2,1-6H3. The second-order valence-electron chi connectivity index (χ2n) is 10.8. The first-order valence-corrected chi connectivity index (χ1v) is 12.9. The molecular weight excluding hydrogens is 404 g/mol. The normalized spacial score (nSPS) is 25.7. The first-order chi connectivity index (χ1) is 14.5. The van der Waals surface area contributed by atoms with Crippen molar-refractivity contribution in [2.24, 2.45) is 11.3 Å². The van der Waals surface area contributed by atoms with Crippen molar-refractivity contribution in [1.29, 1.82) is 0 Å². The summed E-state index contributed by atoms with van der Waals surface area (Å²) in [6.45, 7) is 12.5. The van der Waals surface area contributed by atoms with Crippen molar-refractivity contribution in [2.75, 3.05) is 0 Å². The third-order valence-corrected chi connectivity index (χ3v) is 8.43. The van der Waals surface area contributed by atoms with Gasteiger partial charge < -0.3 is 19.4 Å². The van der Waals surface area contributed by atoms with Crippen LogP contribution in [0.5, 0.6) is 0 Å². The molecule has 170 valence electrons. The molecule has 1 fully saturated rings. The lowest BCUT2D eigenvalue weighted by Gasteiger charge is -2.42. The largest absolute Gasteiger partial charge is 0.407 e. The van der Waals surface area contributed by atoms with Gasteiger partial charge in [0.1, 0.15) is 6.10 Å². The maximum absolute atomic E-state index is 10.8. The van der Waals surface area contributed by atoms with Crippen molar-refractivity contribution in [3.05, 3.63) is 60.7 Å². The molecule has 2 N–H and O–H groups in total. The zero-order valence-corrected chi connectivity index (χ0v) is 20.8. The van der Waals surface area contributed by atoms with Crippen LogP contribution < -0.4 is 10.4 Å². The molecule has 2 aromatic rings. The van der Waals surface area contributed by atoms with Crippen LogP contribution in [0.3, 0.4) is 0 Å². The van der Waals surface area contributed by atoms with E-state index in [1.165, 1.54) is 10.4 Å². The summed E-state index contributed by atoms with van der Waals surface area (Å²) < 4.78 is 13.3. The summed E-state index contributed by atoms with van der Waals surface area (Å²) in [6.07, 6.45) is -1.90. The Labute approximate surface area is 189 Å². The van der Waals surface area contributed by atoms with Gasteiger partial charge in [0.05, 0.1) is 23.9 Å². The van der Waals surface area contributed by atoms with E-state index in [4.69, 9.17) is 9.16 Å². The van der Waals surface area contributed by atoms with E-state index >= 15 is 0 Å². The van der Waals surface area contributed by atoms with Crippen LogP contribution in [0.4, 0.5) is 0 Å². The van der Waals surface area contributed by atoms with E-state index < -0.39 is 33.0 Å². The van der Waals surface area contributed by atoms with E-state index in [-0.39, 0.29) is 17.4 Å². The Kier molecular flexibility index (Phi) is 7.44. The van der Waals surface area contributed by atoms with Gasteiger partial charge in [-0.2, -0.15) is 0 Å². The first-order valence-electron chi connectivity index (χ1n) is 11.3. The Hall–Kier alpha value is -1.50. The van der Waals surface area contributed by atoms with Gasteiger partial charge in [0, 0.05) is 5.92 Å². The quantitative estimate of drug-likeness (QED) is 0.676. The predicted octanol–water partition coefficient (Wildman–Crippen LogP) is 2.88. The van der Waals surface area contributed by atoms with Crippen molar-refractivity contribution >= 4 is 19.4 Å². The van der Waals surface area contributed by atoms with Crippen LogP contribution in [0.1, 0.15) is 48.0 Å². The van der Waals surface area contributed by atoms with E-state index in [2.05, 4.69) is 69.3 Å². The van der Waals surface area contributed by atoms with Crippen LogP contribution in [0, 0.1) is 11.3 Å². The van der Waals surface area contributed by atoms with E-state index in [1.807, 2.05) is 32.9 Å². The minimum absolute atomic E-state index is 0.105. The number of hydrogen-bond donors (Lipinski definition) is 2. The van der Waals surface area contributed by atoms with Gasteiger partial charge in [0.15, 0.2) is 0 Å². The van der Waals surface area contributed by atoms with Gasteiger partial charge in [-0.15, -0.1) is 0 Å². The van der Waals surface area contributed by atoms with E-state index in [1.54, 1.807) is 0 Å². The Morgan fingerprint density at radius 1 is 0.839 bits per heavy atom. The molecule has 5 heteroatoms. The topological polar surface area (TPSA) is 58.9 Å². The molecule has 2 aromatic carbocycles. The summed E-state index contributed by atoms with van der Waals surface area (Å²) in [5, 5.41) is 23.7. The number of benzene rings is 2. The first kappa shape index (κ1) is 24.1. The second kappa shape index (κ2) is 9.55. The lowest BCUT2D eigenvalue weighted by Crippen LogP contribution is -2.53. The van der Waals surface area contributed by atoms with Crippen molar-refractivity contribution in [3.63, 3.8) is 0 Å². The van der Waals surface area contributed by atoms with Crippen LogP contribution in [-0.4, -0.2) is 49.3 Å². The number of ether oxygens (including phenoxy) is 1. The van der Waals surface area contributed by atoms with Crippen LogP contribution in [0.2, 0.25) is 0 Å². The molecule has 4 nitrogen and oxygen atoms in total. The lowest BCUT2D eigenvalue weighted by atomic mass is 9.79. The van der Waals surface area contributed by atoms with Gasteiger partial charge in [-0.05, 0) is 43.0 Å². The monoisotopic (exact) mass is 442 g/mol. The van der Waals surface area contributed by atoms with Crippen LogP contribution in [0.15, 0.2) is 60.7 Å². The van der Waals surface area contributed by atoms with Gasteiger partial charge in [-0.1, -0.05) is 81.4 Å². The lowest BCUT2D eigenvalue weighted by molar-refractivity contribution is -0.144. The molecule has 5 atom stereocenters.